The Bertz CT molecular complexity index is 739. The number of benzene rings is 1. The van der Waals surface area contributed by atoms with Crippen molar-refractivity contribution in [2.75, 3.05) is 5.32 Å². The number of nitrogens with zero attached hydrogens (tertiary/aromatic N) is 2. The van der Waals surface area contributed by atoms with Gasteiger partial charge in [0, 0.05) is 5.56 Å². The second kappa shape index (κ2) is 4.74. The molecule has 0 fully saturated rings. The standard InChI is InChI=1S/C13H8FN3OS/c14-9-3-1-8(2-4-9)12(18)17-11-10-5-6-19-13(10)16-7-15-11/h1-7H,(H,15,16,17,18). The van der Waals surface area contributed by atoms with E-state index in [0.717, 1.165) is 10.2 Å². The van der Waals surface area contributed by atoms with Crippen molar-refractivity contribution in [3.05, 3.63) is 53.4 Å². The van der Waals surface area contributed by atoms with Gasteiger partial charge in [-0.15, -0.1) is 11.3 Å². The lowest BCUT2D eigenvalue weighted by Crippen LogP contribution is -2.13. The fourth-order valence-electron chi connectivity index (χ4n) is 1.67. The van der Waals surface area contributed by atoms with Crippen molar-refractivity contribution in [1.82, 2.24) is 9.97 Å². The molecule has 3 aromatic rings. The van der Waals surface area contributed by atoms with Crippen molar-refractivity contribution in [2.45, 2.75) is 0 Å². The molecule has 19 heavy (non-hydrogen) atoms. The Balaban J connectivity index is 1.90. The van der Waals surface area contributed by atoms with Gasteiger partial charge in [0.1, 0.15) is 22.8 Å². The van der Waals surface area contributed by atoms with Gasteiger partial charge in [0.05, 0.1) is 5.39 Å². The third-order valence-corrected chi connectivity index (χ3v) is 3.42. The number of fused-ring (bicyclic) bond motifs is 1. The normalized spacial score (nSPS) is 10.6. The maximum atomic E-state index is 12.8. The summed E-state index contributed by atoms with van der Waals surface area (Å²) in [7, 11) is 0. The topological polar surface area (TPSA) is 54.9 Å². The van der Waals surface area contributed by atoms with E-state index in [2.05, 4.69) is 15.3 Å². The van der Waals surface area contributed by atoms with Crippen LogP contribution in [-0.2, 0) is 0 Å². The van der Waals surface area contributed by atoms with E-state index in [9.17, 15) is 9.18 Å². The van der Waals surface area contributed by atoms with Crippen LogP contribution in [0.25, 0.3) is 10.2 Å². The van der Waals surface area contributed by atoms with Gasteiger partial charge in [-0.05, 0) is 35.7 Å². The van der Waals surface area contributed by atoms with E-state index in [0.29, 0.717) is 11.4 Å². The Morgan fingerprint density at radius 1 is 1.16 bits per heavy atom. The van der Waals surface area contributed by atoms with Gasteiger partial charge in [-0.1, -0.05) is 0 Å². The number of hydrogen-bond acceptors (Lipinski definition) is 4. The van der Waals surface area contributed by atoms with Gasteiger partial charge >= 0.3 is 0 Å². The predicted octanol–water partition coefficient (Wildman–Crippen LogP) is 3.08. The molecule has 4 nitrogen and oxygen atoms in total. The molecule has 0 saturated carbocycles. The Morgan fingerprint density at radius 3 is 2.74 bits per heavy atom. The largest absolute Gasteiger partial charge is 0.306 e. The summed E-state index contributed by atoms with van der Waals surface area (Å²) in [6, 6.07) is 7.19. The first-order chi connectivity index (χ1) is 9.24. The maximum absolute atomic E-state index is 12.8. The Morgan fingerprint density at radius 2 is 1.95 bits per heavy atom. The van der Waals surface area contributed by atoms with Crippen LogP contribution in [0, 0.1) is 5.82 Å². The minimum atomic E-state index is -0.376. The summed E-state index contributed by atoms with van der Waals surface area (Å²) in [5, 5.41) is 5.38. The van der Waals surface area contributed by atoms with Gasteiger partial charge in [0.2, 0.25) is 0 Å². The maximum Gasteiger partial charge on any atom is 0.256 e. The molecule has 0 spiro atoms. The highest BCUT2D eigenvalue weighted by Gasteiger charge is 2.10. The van der Waals surface area contributed by atoms with Crippen LogP contribution >= 0.6 is 11.3 Å². The van der Waals surface area contributed by atoms with Gasteiger partial charge in [-0.3, -0.25) is 4.79 Å². The predicted molar refractivity (Wildman–Crippen MR) is 71.8 cm³/mol. The molecule has 1 N–H and O–H groups in total. The second-order valence-electron chi connectivity index (χ2n) is 3.82. The second-order valence-corrected chi connectivity index (χ2v) is 4.72. The van der Waals surface area contributed by atoms with Crippen molar-refractivity contribution in [2.24, 2.45) is 0 Å². The number of halogens is 1. The van der Waals surface area contributed by atoms with Gasteiger partial charge in [0.15, 0.2) is 0 Å². The monoisotopic (exact) mass is 273 g/mol. The zero-order valence-corrected chi connectivity index (χ0v) is 10.4. The van der Waals surface area contributed by atoms with Gasteiger partial charge in [-0.2, -0.15) is 0 Å². The molecule has 0 unspecified atom stereocenters. The quantitative estimate of drug-likeness (QED) is 0.780. The number of anilines is 1. The zero-order valence-electron chi connectivity index (χ0n) is 9.63. The van der Waals surface area contributed by atoms with E-state index in [1.54, 1.807) is 0 Å². The lowest BCUT2D eigenvalue weighted by atomic mass is 10.2. The summed E-state index contributed by atoms with van der Waals surface area (Å²) in [5.41, 5.74) is 0.378. The van der Waals surface area contributed by atoms with Crippen LogP contribution in [0.5, 0.6) is 0 Å². The van der Waals surface area contributed by atoms with Gasteiger partial charge in [-0.25, -0.2) is 14.4 Å². The van der Waals surface area contributed by atoms with Crippen molar-refractivity contribution in [3.8, 4) is 0 Å². The summed E-state index contributed by atoms with van der Waals surface area (Å²) in [4.78, 5) is 21.0. The van der Waals surface area contributed by atoms with Crippen molar-refractivity contribution in [3.63, 3.8) is 0 Å². The zero-order chi connectivity index (χ0) is 13.2. The van der Waals surface area contributed by atoms with E-state index < -0.39 is 0 Å². The molecule has 0 aliphatic carbocycles. The summed E-state index contributed by atoms with van der Waals surface area (Å²) in [5.74, 6) is -0.245. The molecule has 6 heteroatoms. The average molecular weight is 273 g/mol. The van der Waals surface area contributed by atoms with Crippen molar-refractivity contribution < 1.29 is 9.18 Å². The minimum Gasteiger partial charge on any atom is -0.306 e. The molecule has 2 aromatic heterocycles. The fourth-order valence-corrected chi connectivity index (χ4v) is 2.40. The SMILES string of the molecule is O=C(Nc1ncnc2sccc12)c1ccc(F)cc1. The lowest BCUT2D eigenvalue weighted by molar-refractivity contribution is 0.102. The molecule has 2 heterocycles. The number of aromatic nitrogens is 2. The Kier molecular flexibility index (Phi) is 2.92. The first kappa shape index (κ1) is 11.7. The fraction of sp³-hybridized carbons (Fsp3) is 0. The molecule has 1 amide bonds. The van der Waals surface area contributed by atoms with Crippen LogP contribution in [0.1, 0.15) is 10.4 Å². The van der Waals surface area contributed by atoms with Crippen LogP contribution in [-0.4, -0.2) is 15.9 Å². The molecule has 0 radical (unpaired) electrons. The van der Waals surface area contributed by atoms with Crippen LogP contribution < -0.4 is 5.32 Å². The summed E-state index contributed by atoms with van der Waals surface area (Å²) >= 11 is 1.47. The van der Waals surface area contributed by atoms with Gasteiger partial charge < -0.3 is 5.32 Å². The van der Waals surface area contributed by atoms with Crippen molar-refractivity contribution in [1.29, 1.82) is 0 Å². The van der Waals surface area contributed by atoms with E-state index in [1.807, 2.05) is 11.4 Å². The van der Waals surface area contributed by atoms with E-state index in [1.165, 1.54) is 41.9 Å². The molecule has 0 bridgehead atoms. The summed E-state index contributed by atoms with van der Waals surface area (Å²) < 4.78 is 12.8. The molecule has 0 saturated heterocycles. The molecule has 0 atom stereocenters. The van der Waals surface area contributed by atoms with Crippen LogP contribution in [0.15, 0.2) is 42.0 Å². The van der Waals surface area contributed by atoms with E-state index >= 15 is 0 Å². The molecule has 1 aromatic carbocycles. The van der Waals surface area contributed by atoms with Crippen LogP contribution in [0.4, 0.5) is 10.2 Å². The molecule has 3 rings (SSSR count). The number of thiophene rings is 1. The first-order valence-corrected chi connectivity index (χ1v) is 6.37. The molecular weight excluding hydrogens is 265 g/mol. The van der Waals surface area contributed by atoms with Crippen LogP contribution in [0.2, 0.25) is 0 Å². The highest BCUT2D eigenvalue weighted by atomic mass is 32.1. The van der Waals surface area contributed by atoms with Crippen molar-refractivity contribution >= 4 is 33.3 Å². The summed E-state index contributed by atoms with van der Waals surface area (Å²) in [6.45, 7) is 0. The number of nitrogens with one attached hydrogen (secondary N) is 1. The Hall–Kier alpha value is -2.34. The van der Waals surface area contributed by atoms with Gasteiger partial charge in [0.25, 0.3) is 5.91 Å². The Labute approximate surface area is 111 Å². The van der Waals surface area contributed by atoms with Crippen LogP contribution in [0.3, 0.4) is 0 Å². The first-order valence-electron chi connectivity index (χ1n) is 5.49. The lowest BCUT2D eigenvalue weighted by Gasteiger charge is -2.05. The number of hydrogen-bond donors (Lipinski definition) is 1. The molecule has 0 aliphatic rings. The number of amides is 1. The third-order valence-electron chi connectivity index (χ3n) is 2.60. The smallest absolute Gasteiger partial charge is 0.256 e. The number of carbonyl (C=O) groups excluding carboxylic acids is 1. The molecular formula is C13H8FN3OS. The number of rotatable bonds is 2. The number of carbonyl (C=O) groups is 1. The summed E-state index contributed by atoms with van der Waals surface area (Å²) in [6.07, 6.45) is 1.40. The highest BCUT2D eigenvalue weighted by Crippen LogP contribution is 2.24. The average Bonchev–Trinajstić information content (AvgIpc) is 2.89. The molecule has 94 valence electrons. The molecule has 0 aliphatic heterocycles. The minimum absolute atomic E-state index is 0.328. The highest BCUT2D eigenvalue weighted by molar-refractivity contribution is 7.16. The third kappa shape index (κ3) is 2.30. The van der Waals surface area contributed by atoms with E-state index in [4.69, 9.17) is 0 Å². The van der Waals surface area contributed by atoms with E-state index in [-0.39, 0.29) is 11.7 Å².